The molecule has 0 radical (unpaired) electrons. The number of carbonyl (C=O) groups is 1. The predicted octanol–water partition coefficient (Wildman–Crippen LogP) is 3.50. The van der Waals surface area contributed by atoms with Gasteiger partial charge >= 0.3 is 5.97 Å². The summed E-state index contributed by atoms with van der Waals surface area (Å²) in [5.74, 6) is 0.675. The number of rotatable bonds is 4. The fourth-order valence-corrected chi connectivity index (χ4v) is 3.66. The van der Waals surface area contributed by atoms with Crippen LogP contribution in [-0.2, 0) is 11.3 Å². The number of para-hydroxylation sites is 2. The molecule has 2 aromatic carbocycles. The number of hydrogen-bond acceptors (Lipinski definition) is 4. The van der Waals surface area contributed by atoms with Crippen LogP contribution in [-0.4, -0.2) is 35.7 Å². The average molecular weight is 353 g/mol. The molecular formula is C21H23NO4. The maximum Gasteiger partial charge on any atom is 0.307 e. The molecule has 26 heavy (non-hydrogen) atoms. The van der Waals surface area contributed by atoms with Gasteiger partial charge in [0.2, 0.25) is 0 Å². The molecule has 2 aromatic rings. The van der Waals surface area contributed by atoms with Gasteiger partial charge in [0.05, 0.1) is 12.5 Å². The number of carboxylic acids is 1. The van der Waals surface area contributed by atoms with Gasteiger partial charge in [0.25, 0.3) is 0 Å². The third-order valence-electron chi connectivity index (χ3n) is 5.14. The number of aliphatic carboxylic acids is 1. The Labute approximate surface area is 153 Å². The van der Waals surface area contributed by atoms with E-state index in [2.05, 4.69) is 29.2 Å². The molecule has 4 rings (SSSR count). The maximum absolute atomic E-state index is 11.1. The van der Waals surface area contributed by atoms with Crippen LogP contribution in [0.15, 0.2) is 48.5 Å². The van der Waals surface area contributed by atoms with Crippen LogP contribution in [0.4, 0.5) is 0 Å². The Balaban J connectivity index is 1.41. The number of nitrogens with zero attached hydrogens (tertiary/aromatic N) is 1. The second-order valence-corrected chi connectivity index (χ2v) is 6.99. The highest BCUT2D eigenvalue weighted by molar-refractivity contribution is 5.70. The number of benzene rings is 2. The van der Waals surface area contributed by atoms with Gasteiger partial charge < -0.3 is 14.6 Å². The molecule has 0 spiro atoms. The lowest BCUT2D eigenvalue weighted by Crippen LogP contribution is -2.22. The van der Waals surface area contributed by atoms with Crippen molar-refractivity contribution in [3.05, 3.63) is 59.7 Å². The Bertz CT molecular complexity index is 774. The van der Waals surface area contributed by atoms with Crippen molar-refractivity contribution in [3.8, 4) is 11.5 Å². The number of carboxylic acid groups (broad SMARTS) is 1. The molecule has 2 atom stereocenters. The lowest BCUT2D eigenvalue weighted by atomic mass is 10.0. The van der Waals surface area contributed by atoms with Crippen LogP contribution >= 0.6 is 0 Å². The van der Waals surface area contributed by atoms with Gasteiger partial charge in [-0.3, -0.25) is 9.69 Å². The molecule has 0 amide bonds. The van der Waals surface area contributed by atoms with Crippen LogP contribution in [0.3, 0.4) is 0 Å². The summed E-state index contributed by atoms with van der Waals surface area (Å²) in [5.41, 5.74) is 2.34. The van der Waals surface area contributed by atoms with Crippen LogP contribution in [0, 0.1) is 5.92 Å². The van der Waals surface area contributed by atoms with Gasteiger partial charge in [-0.25, -0.2) is 0 Å². The van der Waals surface area contributed by atoms with Crippen molar-refractivity contribution < 1.29 is 19.4 Å². The molecule has 0 bridgehead atoms. The van der Waals surface area contributed by atoms with Crippen molar-refractivity contribution in [1.29, 1.82) is 0 Å². The summed E-state index contributed by atoms with van der Waals surface area (Å²) in [6.45, 7) is 2.91. The van der Waals surface area contributed by atoms with E-state index in [1.54, 1.807) is 0 Å². The van der Waals surface area contributed by atoms with Crippen LogP contribution in [0.2, 0.25) is 0 Å². The van der Waals surface area contributed by atoms with E-state index in [0.717, 1.165) is 43.0 Å². The van der Waals surface area contributed by atoms with Crippen LogP contribution in [0.5, 0.6) is 11.5 Å². The Morgan fingerprint density at radius 3 is 2.58 bits per heavy atom. The van der Waals surface area contributed by atoms with E-state index in [0.29, 0.717) is 13.2 Å². The van der Waals surface area contributed by atoms with Gasteiger partial charge in [-0.15, -0.1) is 0 Å². The molecule has 1 saturated heterocycles. The van der Waals surface area contributed by atoms with Crippen molar-refractivity contribution in [2.45, 2.75) is 25.5 Å². The molecule has 0 aliphatic carbocycles. The summed E-state index contributed by atoms with van der Waals surface area (Å²) in [5, 5.41) is 9.12. The van der Waals surface area contributed by atoms with Crippen molar-refractivity contribution in [2.75, 3.05) is 19.7 Å². The van der Waals surface area contributed by atoms with E-state index >= 15 is 0 Å². The molecule has 0 aromatic heterocycles. The second-order valence-electron chi connectivity index (χ2n) is 6.99. The zero-order chi connectivity index (χ0) is 17.9. The van der Waals surface area contributed by atoms with Crippen LogP contribution in [0.1, 0.15) is 30.1 Å². The van der Waals surface area contributed by atoms with E-state index in [1.165, 1.54) is 5.56 Å². The Kier molecular flexibility index (Phi) is 4.80. The quantitative estimate of drug-likeness (QED) is 0.912. The summed E-state index contributed by atoms with van der Waals surface area (Å²) in [7, 11) is 0. The zero-order valence-corrected chi connectivity index (χ0v) is 14.6. The second kappa shape index (κ2) is 7.38. The minimum Gasteiger partial charge on any atom is -0.490 e. The smallest absolute Gasteiger partial charge is 0.307 e. The zero-order valence-electron chi connectivity index (χ0n) is 14.6. The maximum atomic E-state index is 11.1. The molecular weight excluding hydrogens is 330 g/mol. The number of likely N-dealkylation sites (tertiary alicyclic amines) is 1. The van der Waals surface area contributed by atoms with Gasteiger partial charge in [-0.1, -0.05) is 36.4 Å². The van der Waals surface area contributed by atoms with Gasteiger partial charge in [0, 0.05) is 19.5 Å². The molecule has 1 N–H and O–H groups in total. The lowest BCUT2D eigenvalue weighted by Gasteiger charge is -2.18. The number of hydrogen-bond donors (Lipinski definition) is 1. The van der Waals surface area contributed by atoms with Gasteiger partial charge in [-0.2, -0.15) is 0 Å². The van der Waals surface area contributed by atoms with E-state index in [1.807, 2.05) is 24.3 Å². The van der Waals surface area contributed by atoms with E-state index in [-0.39, 0.29) is 12.0 Å². The third kappa shape index (κ3) is 3.68. The van der Waals surface area contributed by atoms with Crippen molar-refractivity contribution in [1.82, 2.24) is 4.90 Å². The Hall–Kier alpha value is -2.53. The van der Waals surface area contributed by atoms with Crippen LogP contribution in [0.25, 0.3) is 0 Å². The van der Waals surface area contributed by atoms with Gasteiger partial charge in [-0.05, 0) is 36.2 Å². The summed E-state index contributed by atoms with van der Waals surface area (Å²) in [6, 6.07) is 16.2. The number of ether oxygens (including phenoxy) is 2. The molecule has 1 unspecified atom stereocenters. The highest BCUT2D eigenvalue weighted by Gasteiger charge is 2.27. The number of fused-ring (bicyclic) bond motifs is 1. The first-order valence-corrected chi connectivity index (χ1v) is 9.11. The fraction of sp³-hybridized carbons (Fsp3) is 0.381. The fourth-order valence-electron chi connectivity index (χ4n) is 3.66. The molecule has 2 heterocycles. The van der Waals surface area contributed by atoms with Gasteiger partial charge in [0.1, 0.15) is 6.10 Å². The summed E-state index contributed by atoms with van der Waals surface area (Å²) in [4.78, 5) is 13.3. The first-order chi connectivity index (χ1) is 12.7. The highest BCUT2D eigenvalue weighted by atomic mass is 16.5. The molecule has 2 aliphatic heterocycles. The largest absolute Gasteiger partial charge is 0.490 e. The van der Waals surface area contributed by atoms with Crippen molar-refractivity contribution in [2.24, 2.45) is 5.92 Å². The minimum atomic E-state index is -0.684. The van der Waals surface area contributed by atoms with Gasteiger partial charge in [0.15, 0.2) is 11.5 Å². The van der Waals surface area contributed by atoms with Crippen molar-refractivity contribution in [3.63, 3.8) is 0 Å². The molecule has 1 fully saturated rings. The standard InChI is InChI=1S/C21H23NO4/c23-21(24)17-9-11-22(14-17)13-15-5-7-16(8-6-15)18-10-12-25-19-3-1-2-4-20(19)26-18/h1-8,17-18H,9-14H2,(H,23,24)/t17?,18-/m1/s1. The Morgan fingerprint density at radius 2 is 1.85 bits per heavy atom. The molecule has 5 heteroatoms. The topological polar surface area (TPSA) is 59.0 Å². The SMILES string of the molecule is O=C(O)C1CCN(Cc2ccc([C@H]3CCOc4ccccc4O3)cc2)C1. The Morgan fingerprint density at radius 1 is 1.08 bits per heavy atom. The third-order valence-corrected chi connectivity index (χ3v) is 5.14. The average Bonchev–Trinajstić information content (AvgIpc) is 3.01. The summed E-state index contributed by atoms with van der Waals surface area (Å²) < 4.78 is 11.9. The van der Waals surface area contributed by atoms with Crippen LogP contribution < -0.4 is 9.47 Å². The first-order valence-electron chi connectivity index (χ1n) is 9.11. The lowest BCUT2D eigenvalue weighted by molar-refractivity contribution is -0.141. The van der Waals surface area contributed by atoms with E-state index in [4.69, 9.17) is 14.6 Å². The molecule has 136 valence electrons. The van der Waals surface area contributed by atoms with E-state index < -0.39 is 5.97 Å². The first kappa shape index (κ1) is 16.9. The minimum absolute atomic E-state index is 0.0177. The predicted molar refractivity (Wildman–Crippen MR) is 97.4 cm³/mol. The molecule has 5 nitrogen and oxygen atoms in total. The van der Waals surface area contributed by atoms with E-state index in [9.17, 15) is 4.79 Å². The molecule has 0 saturated carbocycles. The normalized spacial score (nSPS) is 22.8. The monoisotopic (exact) mass is 353 g/mol. The van der Waals surface area contributed by atoms with Crippen molar-refractivity contribution >= 4 is 5.97 Å². The highest BCUT2D eigenvalue weighted by Crippen LogP contribution is 2.35. The molecule has 2 aliphatic rings. The summed E-state index contributed by atoms with van der Waals surface area (Å²) in [6.07, 6.45) is 1.53. The summed E-state index contributed by atoms with van der Waals surface area (Å²) >= 11 is 0.